The van der Waals surface area contributed by atoms with Gasteiger partial charge in [-0.15, -0.1) is 0 Å². The van der Waals surface area contributed by atoms with Crippen molar-refractivity contribution in [3.05, 3.63) is 11.9 Å². The Balaban J connectivity index is 2.52. The zero-order valence-corrected chi connectivity index (χ0v) is 9.41. The minimum absolute atomic E-state index is 0.187. The van der Waals surface area contributed by atoms with Gasteiger partial charge in [0.1, 0.15) is 6.54 Å². The molecule has 0 saturated carbocycles. The summed E-state index contributed by atoms with van der Waals surface area (Å²) in [6.07, 6.45) is 2.70. The molecule has 0 saturated heterocycles. The molecule has 0 radical (unpaired) electrons. The van der Waals surface area contributed by atoms with Crippen LogP contribution < -0.4 is 5.32 Å². The fourth-order valence-corrected chi connectivity index (χ4v) is 1.32. The number of rotatable bonds is 5. The van der Waals surface area contributed by atoms with Crippen molar-refractivity contribution < 1.29 is 9.53 Å². The molecule has 0 fully saturated rings. The highest BCUT2D eigenvalue weighted by Crippen LogP contribution is 2.12. The molecule has 0 spiro atoms. The van der Waals surface area contributed by atoms with Crippen LogP contribution in [-0.4, -0.2) is 28.9 Å². The summed E-state index contributed by atoms with van der Waals surface area (Å²) in [4.78, 5) is 11.1. The van der Waals surface area contributed by atoms with Gasteiger partial charge in [0.25, 0.3) is 0 Å². The fraction of sp³-hybridized carbons (Fsp3) is 0.600. The summed E-state index contributed by atoms with van der Waals surface area (Å²) in [5.41, 5.74) is 1.86. The number of aryl methyl sites for hydroxylation is 2. The van der Waals surface area contributed by atoms with Crippen LogP contribution in [0.1, 0.15) is 19.5 Å². The second-order valence-electron chi connectivity index (χ2n) is 3.18. The molecule has 0 bridgehead atoms. The molecule has 0 aliphatic heterocycles. The van der Waals surface area contributed by atoms with E-state index in [0.717, 1.165) is 17.8 Å². The van der Waals surface area contributed by atoms with Crippen molar-refractivity contribution in [1.82, 2.24) is 9.78 Å². The van der Waals surface area contributed by atoms with Crippen molar-refractivity contribution in [1.29, 1.82) is 0 Å². The highest BCUT2D eigenvalue weighted by atomic mass is 16.5. The van der Waals surface area contributed by atoms with E-state index < -0.39 is 0 Å². The first kappa shape index (κ1) is 11.6. The number of esters is 1. The fourth-order valence-electron chi connectivity index (χ4n) is 1.32. The smallest absolute Gasteiger partial charge is 0.325 e. The third-order valence-electron chi connectivity index (χ3n) is 1.97. The van der Waals surface area contributed by atoms with Gasteiger partial charge in [-0.2, -0.15) is 5.10 Å². The van der Waals surface area contributed by atoms with E-state index in [1.807, 2.05) is 20.2 Å². The average Bonchev–Trinajstić information content (AvgIpc) is 2.56. The molecule has 0 amide bonds. The lowest BCUT2D eigenvalue weighted by Crippen LogP contribution is -2.17. The Morgan fingerprint density at radius 1 is 1.60 bits per heavy atom. The second-order valence-corrected chi connectivity index (χ2v) is 3.18. The molecule has 1 N–H and O–H groups in total. The van der Waals surface area contributed by atoms with E-state index in [9.17, 15) is 4.79 Å². The number of hydrogen-bond donors (Lipinski definition) is 1. The quantitative estimate of drug-likeness (QED) is 0.737. The molecule has 1 aromatic rings. The number of carbonyl (C=O) groups excluding carboxylic acids is 1. The van der Waals surface area contributed by atoms with Crippen molar-refractivity contribution in [3.63, 3.8) is 0 Å². The zero-order chi connectivity index (χ0) is 11.3. The molecular weight excluding hydrogens is 194 g/mol. The van der Waals surface area contributed by atoms with E-state index in [1.165, 1.54) is 0 Å². The summed E-state index contributed by atoms with van der Waals surface area (Å²) in [6, 6.07) is 0. The Morgan fingerprint density at radius 2 is 2.33 bits per heavy atom. The first-order valence-electron chi connectivity index (χ1n) is 5.09. The summed E-state index contributed by atoms with van der Waals surface area (Å²) in [5, 5.41) is 7.27. The van der Waals surface area contributed by atoms with E-state index in [0.29, 0.717) is 6.61 Å². The maximum absolute atomic E-state index is 11.1. The van der Waals surface area contributed by atoms with Crippen LogP contribution in [0.4, 0.5) is 5.69 Å². The highest BCUT2D eigenvalue weighted by Gasteiger charge is 2.07. The van der Waals surface area contributed by atoms with E-state index in [-0.39, 0.29) is 12.5 Å². The lowest BCUT2D eigenvalue weighted by Gasteiger charge is -2.04. The SMILES string of the molecule is CCOC(=O)CNc1cn(C)nc1CC. The predicted octanol–water partition coefficient (Wildman–Crippen LogP) is 0.957. The molecule has 0 aromatic carbocycles. The molecule has 5 nitrogen and oxygen atoms in total. The lowest BCUT2D eigenvalue weighted by atomic mass is 10.3. The van der Waals surface area contributed by atoms with E-state index in [1.54, 1.807) is 11.6 Å². The number of hydrogen-bond acceptors (Lipinski definition) is 4. The van der Waals surface area contributed by atoms with Gasteiger partial charge < -0.3 is 10.1 Å². The van der Waals surface area contributed by atoms with Crippen molar-refractivity contribution in [3.8, 4) is 0 Å². The van der Waals surface area contributed by atoms with Gasteiger partial charge >= 0.3 is 5.97 Å². The molecule has 0 aliphatic carbocycles. The molecule has 1 heterocycles. The molecule has 0 atom stereocenters. The predicted molar refractivity (Wildman–Crippen MR) is 57.7 cm³/mol. The topological polar surface area (TPSA) is 56.1 Å². The van der Waals surface area contributed by atoms with Crippen LogP contribution >= 0.6 is 0 Å². The van der Waals surface area contributed by atoms with Crippen molar-refractivity contribution in [2.24, 2.45) is 7.05 Å². The number of carbonyl (C=O) groups is 1. The first-order chi connectivity index (χ1) is 7.17. The van der Waals surface area contributed by atoms with E-state index in [4.69, 9.17) is 4.74 Å². The Labute approximate surface area is 89.4 Å². The highest BCUT2D eigenvalue weighted by molar-refractivity contribution is 5.75. The summed E-state index contributed by atoms with van der Waals surface area (Å²) >= 11 is 0. The largest absolute Gasteiger partial charge is 0.465 e. The minimum Gasteiger partial charge on any atom is -0.465 e. The van der Waals surface area contributed by atoms with Gasteiger partial charge in [0.2, 0.25) is 0 Å². The summed E-state index contributed by atoms with van der Waals surface area (Å²) in [5.74, 6) is -0.247. The molecule has 1 aromatic heterocycles. The van der Waals surface area contributed by atoms with Gasteiger partial charge in [-0.25, -0.2) is 0 Å². The van der Waals surface area contributed by atoms with Crippen molar-refractivity contribution >= 4 is 11.7 Å². The Hall–Kier alpha value is -1.52. The molecule has 1 rings (SSSR count). The number of ether oxygens (including phenoxy) is 1. The third-order valence-corrected chi connectivity index (χ3v) is 1.97. The van der Waals surface area contributed by atoms with Gasteiger partial charge in [0.05, 0.1) is 18.0 Å². The number of anilines is 1. The van der Waals surface area contributed by atoms with Crippen LogP contribution in [0.2, 0.25) is 0 Å². The average molecular weight is 211 g/mol. The van der Waals surface area contributed by atoms with E-state index in [2.05, 4.69) is 10.4 Å². The molecule has 84 valence electrons. The van der Waals surface area contributed by atoms with E-state index >= 15 is 0 Å². The lowest BCUT2D eigenvalue weighted by molar-refractivity contribution is -0.140. The third kappa shape index (κ3) is 3.27. The Bertz CT molecular complexity index is 333. The monoisotopic (exact) mass is 211 g/mol. The van der Waals surface area contributed by atoms with Gasteiger partial charge in [0.15, 0.2) is 0 Å². The molecule has 15 heavy (non-hydrogen) atoms. The first-order valence-corrected chi connectivity index (χ1v) is 5.09. The Kier molecular flexibility index (Phi) is 4.15. The van der Waals surface area contributed by atoms with Crippen molar-refractivity contribution in [2.75, 3.05) is 18.5 Å². The standard InChI is InChI=1S/C10H17N3O2/c1-4-8-9(7-13(3)12-8)11-6-10(14)15-5-2/h7,11H,4-6H2,1-3H3. The van der Waals surface area contributed by atoms with Crippen LogP contribution in [0.25, 0.3) is 0 Å². The normalized spacial score (nSPS) is 10.1. The van der Waals surface area contributed by atoms with Crippen molar-refractivity contribution in [2.45, 2.75) is 20.3 Å². The molecule has 0 unspecified atom stereocenters. The molecule has 5 heteroatoms. The summed E-state index contributed by atoms with van der Waals surface area (Å²) < 4.78 is 6.54. The number of nitrogens with zero attached hydrogens (tertiary/aromatic N) is 2. The van der Waals surface area contributed by atoms with Crippen LogP contribution in [0, 0.1) is 0 Å². The molecule has 0 aliphatic rings. The summed E-state index contributed by atoms with van der Waals surface area (Å²) in [7, 11) is 1.86. The maximum atomic E-state index is 11.1. The van der Waals surface area contributed by atoms with Gasteiger partial charge in [-0.05, 0) is 13.3 Å². The second kappa shape index (κ2) is 5.38. The van der Waals surface area contributed by atoms with Crippen LogP contribution in [0.3, 0.4) is 0 Å². The Morgan fingerprint density at radius 3 is 2.93 bits per heavy atom. The van der Waals surface area contributed by atoms with Gasteiger partial charge in [-0.1, -0.05) is 6.92 Å². The van der Waals surface area contributed by atoms with Crippen LogP contribution in [-0.2, 0) is 23.0 Å². The van der Waals surface area contributed by atoms with Crippen LogP contribution in [0.5, 0.6) is 0 Å². The van der Waals surface area contributed by atoms with Gasteiger partial charge in [-0.3, -0.25) is 9.48 Å². The molecular formula is C10H17N3O2. The zero-order valence-electron chi connectivity index (χ0n) is 9.41. The number of aromatic nitrogens is 2. The van der Waals surface area contributed by atoms with Gasteiger partial charge in [0, 0.05) is 13.2 Å². The maximum Gasteiger partial charge on any atom is 0.325 e. The summed E-state index contributed by atoms with van der Waals surface area (Å²) in [6.45, 7) is 4.41. The minimum atomic E-state index is -0.247. The number of nitrogens with one attached hydrogen (secondary N) is 1. The van der Waals surface area contributed by atoms with Crippen LogP contribution in [0.15, 0.2) is 6.20 Å².